The van der Waals surface area contributed by atoms with E-state index in [4.69, 9.17) is 4.74 Å². The van der Waals surface area contributed by atoms with Gasteiger partial charge in [0.05, 0.1) is 0 Å². The van der Waals surface area contributed by atoms with E-state index in [9.17, 15) is 13.6 Å². The average molecular weight is 328 g/mol. The van der Waals surface area contributed by atoms with E-state index in [1.165, 1.54) is 12.1 Å². The highest BCUT2D eigenvalue weighted by Crippen LogP contribution is 2.12. The first-order chi connectivity index (χ1) is 10.6. The molecule has 2 N–H and O–H groups in total. The monoisotopic (exact) mass is 328 g/mol. The van der Waals surface area contributed by atoms with Gasteiger partial charge in [0.15, 0.2) is 11.6 Å². The molecule has 0 heterocycles. The Hall–Kier alpha value is -1.69. The first-order valence-corrected chi connectivity index (χ1v) is 7.73. The molecule has 0 aliphatic rings. The Bertz CT molecular complexity index is 528. The van der Waals surface area contributed by atoms with Gasteiger partial charge in [-0.3, -0.25) is 0 Å². The molecule has 0 aromatic heterocycles. The number of alkyl carbamates (subject to hydrolysis) is 1. The molecule has 23 heavy (non-hydrogen) atoms. The average Bonchev–Trinajstić information content (AvgIpc) is 2.40. The van der Waals surface area contributed by atoms with Crippen molar-refractivity contribution in [3.63, 3.8) is 0 Å². The third-order valence-electron chi connectivity index (χ3n) is 3.26. The van der Waals surface area contributed by atoms with Gasteiger partial charge < -0.3 is 15.4 Å². The lowest BCUT2D eigenvalue weighted by atomic mass is 10.0. The van der Waals surface area contributed by atoms with Crippen molar-refractivity contribution >= 4 is 6.09 Å². The van der Waals surface area contributed by atoms with Gasteiger partial charge in [-0.15, -0.1) is 0 Å². The van der Waals surface area contributed by atoms with Gasteiger partial charge in [-0.25, -0.2) is 13.6 Å². The first kappa shape index (κ1) is 19.4. The minimum Gasteiger partial charge on any atom is -0.444 e. The molecule has 1 rings (SSSR count). The van der Waals surface area contributed by atoms with Crippen LogP contribution in [0.15, 0.2) is 18.2 Å². The number of carbonyl (C=O) groups is 1. The molecule has 0 aliphatic carbocycles. The quantitative estimate of drug-likeness (QED) is 0.839. The number of hydrogen-bond acceptors (Lipinski definition) is 3. The Labute approximate surface area is 136 Å². The number of ether oxygens (including phenoxy) is 1. The molecule has 0 radical (unpaired) electrons. The molecule has 1 aromatic rings. The minimum absolute atomic E-state index is 0.0924. The lowest BCUT2D eigenvalue weighted by Crippen LogP contribution is -2.45. The highest BCUT2D eigenvalue weighted by Gasteiger charge is 2.19. The lowest BCUT2D eigenvalue weighted by molar-refractivity contribution is 0.0519. The van der Waals surface area contributed by atoms with Crippen LogP contribution in [0.5, 0.6) is 0 Å². The number of benzene rings is 1. The zero-order chi connectivity index (χ0) is 17.6. The van der Waals surface area contributed by atoms with Crippen LogP contribution in [0.25, 0.3) is 0 Å². The first-order valence-electron chi connectivity index (χ1n) is 7.73. The van der Waals surface area contributed by atoms with Crippen molar-refractivity contribution in [1.82, 2.24) is 10.6 Å². The molecule has 1 unspecified atom stereocenters. The van der Waals surface area contributed by atoms with Crippen LogP contribution < -0.4 is 10.6 Å². The van der Waals surface area contributed by atoms with Crippen LogP contribution in [-0.2, 0) is 11.3 Å². The molecular weight excluding hydrogens is 302 g/mol. The molecule has 1 amide bonds. The summed E-state index contributed by atoms with van der Waals surface area (Å²) in [7, 11) is 0. The van der Waals surface area contributed by atoms with E-state index in [0.717, 1.165) is 6.07 Å². The zero-order valence-corrected chi connectivity index (χ0v) is 14.4. The summed E-state index contributed by atoms with van der Waals surface area (Å²) in [6.45, 7) is 9.85. The van der Waals surface area contributed by atoms with Crippen LogP contribution in [0.1, 0.15) is 40.2 Å². The van der Waals surface area contributed by atoms with E-state index in [1.807, 2.05) is 13.8 Å². The number of hydrogen-bond donors (Lipinski definition) is 2. The predicted octanol–water partition coefficient (Wildman–Crippen LogP) is 3.60. The van der Waals surface area contributed by atoms with Gasteiger partial charge in [0.1, 0.15) is 5.60 Å². The summed E-state index contributed by atoms with van der Waals surface area (Å²) in [4.78, 5) is 11.7. The zero-order valence-electron chi connectivity index (χ0n) is 14.4. The van der Waals surface area contributed by atoms with E-state index >= 15 is 0 Å². The lowest BCUT2D eigenvalue weighted by Gasteiger charge is -2.25. The van der Waals surface area contributed by atoms with Crippen molar-refractivity contribution < 1.29 is 18.3 Å². The number of amides is 1. The second-order valence-electron chi connectivity index (χ2n) is 6.83. The summed E-state index contributed by atoms with van der Waals surface area (Å²) in [6, 6.07) is 4.00. The summed E-state index contributed by atoms with van der Waals surface area (Å²) in [5.74, 6) is -1.51. The van der Waals surface area contributed by atoms with Gasteiger partial charge in [0.25, 0.3) is 0 Å². The summed E-state index contributed by atoms with van der Waals surface area (Å²) < 4.78 is 32.0. The van der Waals surface area contributed by atoms with Crippen molar-refractivity contribution in [1.29, 1.82) is 0 Å². The molecule has 0 aliphatic heterocycles. The van der Waals surface area contributed by atoms with Crippen LogP contribution in [0, 0.1) is 17.6 Å². The number of carbonyl (C=O) groups excluding carboxylic acids is 1. The van der Waals surface area contributed by atoms with Gasteiger partial charge in [-0.05, 0) is 32.8 Å². The van der Waals surface area contributed by atoms with Crippen molar-refractivity contribution in [3.8, 4) is 0 Å². The number of nitrogens with one attached hydrogen (secondary N) is 2. The molecular formula is C17H26F2N2O2. The van der Waals surface area contributed by atoms with E-state index in [2.05, 4.69) is 10.6 Å². The fourth-order valence-corrected chi connectivity index (χ4v) is 1.98. The third-order valence-corrected chi connectivity index (χ3v) is 3.26. The van der Waals surface area contributed by atoms with E-state index in [1.54, 1.807) is 20.8 Å². The molecule has 0 fully saturated rings. The van der Waals surface area contributed by atoms with E-state index in [-0.39, 0.29) is 24.1 Å². The Balaban J connectivity index is 2.56. The third kappa shape index (κ3) is 6.95. The summed E-state index contributed by atoms with van der Waals surface area (Å²) >= 11 is 0. The molecule has 4 nitrogen and oxygen atoms in total. The van der Waals surface area contributed by atoms with Crippen molar-refractivity contribution in [3.05, 3.63) is 35.4 Å². The summed E-state index contributed by atoms with van der Waals surface area (Å²) in [5.41, 5.74) is -0.303. The van der Waals surface area contributed by atoms with Crippen LogP contribution in [0.3, 0.4) is 0 Å². The van der Waals surface area contributed by atoms with Crippen LogP contribution >= 0.6 is 0 Å². The Morgan fingerprint density at radius 2 is 1.91 bits per heavy atom. The highest BCUT2D eigenvalue weighted by molar-refractivity contribution is 5.67. The Morgan fingerprint density at radius 1 is 1.26 bits per heavy atom. The van der Waals surface area contributed by atoms with Gasteiger partial charge in [0.2, 0.25) is 0 Å². The maximum atomic E-state index is 13.6. The molecule has 6 heteroatoms. The van der Waals surface area contributed by atoms with E-state index < -0.39 is 23.3 Å². The van der Waals surface area contributed by atoms with Crippen LogP contribution in [0.4, 0.5) is 13.6 Å². The second-order valence-corrected chi connectivity index (χ2v) is 6.83. The topological polar surface area (TPSA) is 50.4 Å². The normalized spacial score (nSPS) is 13.0. The summed E-state index contributed by atoms with van der Waals surface area (Å²) in [5, 5.41) is 5.84. The largest absolute Gasteiger partial charge is 0.444 e. The molecule has 1 aromatic carbocycles. The smallest absolute Gasteiger partial charge is 0.407 e. The number of rotatable bonds is 6. The Morgan fingerprint density at radius 3 is 2.48 bits per heavy atom. The second kappa shape index (κ2) is 8.24. The van der Waals surface area contributed by atoms with Crippen LogP contribution in [-0.4, -0.2) is 24.3 Å². The van der Waals surface area contributed by atoms with Gasteiger partial charge in [0, 0.05) is 24.7 Å². The van der Waals surface area contributed by atoms with Gasteiger partial charge in [-0.1, -0.05) is 26.0 Å². The predicted molar refractivity (Wildman–Crippen MR) is 86.1 cm³/mol. The van der Waals surface area contributed by atoms with E-state index in [0.29, 0.717) is 6.54 Å². The molecule has 0 saturated carbocycles. The maximum absolute atomic E-state index is 13.6. The number of halogens is 2. The maximum Gasteiger partial charge on any atom is 0.407 e. The minimum atomic E-state index is -0.864. The Kier molecular flexibility index (Phi) is 6.94. The molecule has 0 spiro atoms. The van der Waals surface area contributed by atoms with Crippen LogP contribution in [0.2, 0.25) is 0 Å². The highest BCUT2D eigenvalue weighted by atomic mass is 19.2. The van der Waals surface area contributed by atoms with Gasteiger partial charge >= 0.3 is 6.09 Å². The SMILES string of the molecule is CC(C)C(CNC(=O)OC(C)(C)C)NCc1cccc(F)c1F. The van der Waals surface area contributed by atoms with Crippen molar-refractivity contribution in [2.24, 2.45) is 5.92 Å². The van der Waals surface area contributed by atoms with Crippen molar-refractivity contribution in [2.45, 2.75) is 52.8 Å². The standard InChI is InChI=1S/C17H26F2N2O2/c1-11(2)14(10-21-16(22)23-17(3,4)5)20-9-12-7-6-8-13(18)15(12)19/h6-8,11,14,20H,9-10H2,1-5H3,(H,21,22). The summed E-state index contributed by atoms with van der Waals surface area (Å²) in [6.07, 6.45) is -0.498. The molecule has 0 saturated heterocycles. The fraction of sp³-hybridized carbons (Fsp3) is 0.588. The molecule has 0 bridgehead atoms. The van der Waals surface area contributed by atoms with Gasteiger partial charge in [-0.2, -0.15) is 0 Å². The molecule has 1 atom stereocenters. The molecule has 130 valence electrons. The fourth-order valence-electron chi connectivity index (χ4n) is 1.98. The van der Waals surface area contributed by atoms with Crippen molar-refractivity contribution in [2.75, 3.05) is 6.54 Å².